The predicted molar refractivity (Wildman–Crippen MR) is 148 cm³/mol. The third kappa shape index (κ3) is 5.32. The molecule has 256 valence electrons. The highest BCUT2D eigenvalue weighted by atomic mass is 17.0. The van der Waals surface area contributed by atoms with Gasteiger partial charge in [0.25, 0.3) is 0 Å². The average Bonchev–Trinajstić information content (AvgIpc) is 3.31. The van der Waals surface area contributed by atoms with Crippen LogP contribution in [0, 0.1) is 11.8 Å². The molecule has 10 unspecified atom stereocenters. The second-order valence-corrected chi connectivity index (χ2v) is 12.0. The van der Waals surface area contributed by atoms with Gasteiger partial charge < -0.3 is 68.2 Å². The molecule has 2 aromatic rings. The van der Waals surface area contributed by atoms with Crippen LogP contribution in [0.25, 0.3) is 0 Å². The number of carbonyl (C=O) groups is 1. The van der Waals surface area contributed by atoms with E-state index < -0.39 is 79.0 Å². The summed E-state index contributed by atoms with van der Waals surface area (Å²) >= 11 is 0. The Labute approximate surface area is 266 Å². The number of cyclic esters (lactones) is 1. The van der Waals surface area contributed by atoms with Crippen molar-refractivity contribution in [2.45, 2.75) is 74.5 Å². The molecule has 0 aromatic heterocycles. The van der Waals surface area contributed by atoms with Crippen LogP contribution in [0.5, 0.6) is 28.7 Å². The van der Waals surface area contributed by atoms with Gasteiger partial charge in [-0.3, -0.25) is 15.0 Å². The van der Waals surface area contributed by atoms with Gasteiger partial charge in [0.2, 0.25) is 5.75 Å². The first-order valence-corrected chi connectivity index (χ1v) is 14.8. The van der Waals surface area contributed by atoms with E-state index in [4.69, 9.17) is 42.6 Å². The summed E-state index contributed by atoms with van der Waals surface area (Å²) in [6.45, 7) is 1.61. The van der Waals surface area contributed by atoms with E-state index in [0.717, 1.165) is 0 Å². The van der Waals surface area contributed by atoms with E-state index in [2.05, 4.69) is 0 Å². The lowest BCUT2D eigenvalue weighted by atomic mass is 9.62. The molecular formula is C30H34O17. The van der Waals surface area contributed by atoms with Crippen molar-refractivity contribution in [3.63, 3.8) is 0 Å². The van der Waals surface area contributed by atoms with Gasteiger partial charge in [-0.1, -0.05) is 0 Å². The van der Waals surface area contributed by atoms with Crippen LogP contribution in [0.4, 0.5) is 0 Å². The van der Waals surface area contributed by atoms with Crippen molar-refractivity contribution in [3.05, 3.63) is 41.0 Å². The van der Waals surface area contributed by atoms with Gasteiger partial charge in [-0.2, -0.15) is 0 Å². The minimum absolute atomic E-state index is 0.00690. The van der Waals surface area contributed by atoms with Crippen molar-refractivity contribution in [2.75, 3.05) is 20.8 Å². The van der Waals surface area contributed by atoms with E-state index in [1.54, 1.807) is 6.92 Å². The zero-order valence-electron chi connectivity index (χ0n) is 25.2. The van der Waals surface area contributed by atoms with Crippen LogP contribution < -0.4 is 18.9 Å². The van der Waals surface area contributed by atoms with Crippen LogP contribution in [0.1, 0.15) is 42.1 Å². The first kappa shape index (κ1) is 32.1. The van der Waals surface area contributed by atoms with E-state index in [0.29, 0.717) is 11.1 Å². The highest BCUT2D eigenvalue weighted by Gasteiger charge is 2.61. The highest BCUT2D eigenvalue weighted by Crippen LogP contribution is 2.60. The summed E-state index contributed by atoms with van der Waals surface area (Å²) in [4.78, 5) is 12.9. The number of benzene rings is 2. The fourth-order valence-corrected chi connectivity index (χ4v) is 7.25. The summed E-state index contributed by atoms with van der Waals surface area (Å²) in [5.74, 6) is -8.13. The molecular weight excluding hydrogens is 632 g/mol. The van der Waals surface area contributed by atoms with Gasteiger partial charge in [-0.15, -0.1) is 0 Å². The summed E-state index contributed by atoms with van der Waals surface area (Å²) < 4.78 is 49.4. The third-order valence-corrected chi connectivity index (χ3v) is 9.22. The fraction of sp³-hybridized carbons (Fsp3) is 0.567. The van der Waals surface area contributed by atoms with Crippen LogP contribution in [-0.4, -0.2) is 112 Å². The molecule has 2 aromatic carbocycles. The number of carbonyl (C=O) groups excluding carboxylic acids is 1. The molecule has 0 spiro atoms. The SMILES string of the molecule is COc1cc(C2c3cc4c(cc3C(OC3OC5COC(C)OC5C(O)C3O)C3C2CC(=O)OC3(O)O)OC(O)(O)O4)cc(OC)c1O. The minimum Gasteiger partial charge on any atom is -0.502 e. The Bertz CT molecular complexity index is 1530. The van der Waals surface area contributed by atoms with E-state index in [1.165, 1.54) is 38.5 Å². The van der Waals surface area contributed by atoms with Gasteiger partial charge in [-0.05, 0) is 53.8 Å². The van der Waals surface area contributed by atoms with Gasteiger partial charge in [0.1, 0.15) is 24.4 Å². The Morgan fingerprint density at radius 2 is 1.51 bits per heavy atom. The van der Waals surface area contributed by atoms with Crippen molar-refractivity contribution in [3.8, 4) is 28.7 Å². The van der Waals surface area contributed by atoms with Crippen molar-refractivity contribution in [1.82, 2.24) is 0 Å². The predicted octanol–water partition coefficient (Wildman–Crippen LogP) is -0.995. The van der Waals surface area contributed by atoms with Crippen molar-refractivity contribution in [2.24, 2.45) is 11.8 Å². The number of ether oxygens (including phenoxy) is 9. The molecule has 4 aliphatic heterocycles. The molecule has 10 atom stereocenters. The Morgan fingerprint density at radius 3 is 2.15 bits per heavy atom. The molecule has 3 fully saturated rings. The number of aliphatic hydroxyl groups excluding tert-OH is 2. The zero-order valence-corrected chi connectivity index (χ0v) is 25.2. The molecule has 3 saturated heterocycles. The van der Waals surface area contributed by atoms with Crippen LogP contribution in [0.3, 0.4) is 0 Å². The third-order valence-electron chi connectivity index (χ3n) is 9.22. The molecule has 7 rings (SSSR count). The van der Waals surface area contributed by atoms with Gasteiger partial charge >= 0.3 is 18.1 Å². The Morgan fingerprint density at radius 1 is 0.872 bits per heavy atom. The van der Waals surface area contributed by atoms with E-state index >= 15 is 0 Å². The molecule has 5 aliphatic rings. The average molecular weight is 667 g/mol. The number of methoxy groups -OCH3 is 2. The number of fused-ring (bicyclic) bond motifs is 4. The summed E-state index contributed by atoms with van der Waals surface area (Å²) in [7, 11) is 2.64. The summed E-state index contributed by atoms with van der Waals surface area (Å²) in [5, 5.41) is 75.5. The number of phenolic OH excluding ortho intramolecular Hbond substituents is 1. The Balaban J connectivity index is 1.39. The van der Waals surface area contributed by atoms with E-state index in [1.807, 2.05) is 0 Å². The lowest BCUT2D eigenvalue weighted by Gasteiger charge is -2.52. The first-order chi connectivity index (χ1) is 22.2. The van der Waals surface area contributed by atoms with Crippen molar-refractivity contribution in [1.29, 1.82) is 0 Å². The summed E-state index contributed by atoms with van der Waals surface area (Å²) in [5.41, 5.74) is 0.871. The lowest BCUT2D eigenvalue weighted by Crippen LogP contribution is -2.64. The number of phenols is 1. The van der Waals surface area contributed by atoms with Crippen LogP contribution in [-0.2, 0) is 28.5 Å². The van der Waals surface area contributed by atoms with Crippen LogP contribution in [0.2, 0.25) is 0 Å². The maximum atomic E-state index is 12.9. The minimum atomic E-state index is -3.15. The smallest absolute Gasteiger partial charge is 0.502 e. The largest absolute Gasteiger partial charge is 0.505 e. The second kappa shape index (κ2) is 11.3. The molecule has 47 heavy (non-hydrogen) atoms. The summed E-state index contributed by atoms with van der Waals surface area (Å²) in [6.07, 6.45) is -12.2. The Kier molecular flexibility index (Phi) is 7.71. The molecule has 1 aliphatic carbocycles. The number of rotatable bonds is 5. The van der Waals surface area contributed by atoms with Gasteiger partial charge in [0.05, 0.1) is 39.3 Å². The molecule has 0 amide bonds. The number of hydrogen-bond acceptors (Lipinski definition) is 17. The highest BCUT2D eigenvalue weighted by molar-refractivity contribution is 5.72. The van der Waals surface area contributed by atoms with Gasteiger partial charge in [0, 0.05) is 5.92 Å². The van der Waals surface area contributed by atoms with Crippen molar-refractivity contribution >= 4 is 5.97 Å². The normalized spacial score (nSPS) is 36.4. The van der Waals surface area contributed by atoms with E-state index in [9.17, 15) is 40.5 Å². The summed E-state index contributed by atoms with van der Waals surface area (Å²) in [6, 6.07) is 5.67. The number of hydrogen-bond donors (Lipinski definition) is 7. The van der Waals surface area contributed by atoms with Crippen LogP contribution in [0.15, 0.2) is 24.3 Å². The lowest BCUT2D eigenvalue weighted by molar-refractivity contribution is -0.401. The second-order valence-electron chi connectivity index (χ2n) is 12.0. The molecule has 0 saturated carbocycles. The topological polar surface area (TPSA) is 242 Å². The van der Waals surface area contributed by atoms with Gasteiger partial charge in [0.15, 0.2) is 35.6 Å². The molecule has 0 radical (unpaired) electrons. The van der Waals surface area contributed by atoms with Crippen LogP contribution >= 0.6 is 0 Å². The fourth-order valence-electron chi connectivity index (χ4n) is 7.25. The monoisotopic (exact) mass is 666 g/mol. The first-order valence-electron chi connectivity index (χ1n) is 14.8. The standard InChI is InChI=1S/C30H34O17/c1-10-41-9-19-27(42-10)24(33)25(34)28(43-19)44-26-13-7-16-15(45-30(37,38)46-16)6-12(13)21(14-8-20(31)47-29(35,36)22(14)26)11-4-17(39-2)23(32)18(5-11)40-3/h4-7,10,14,19,21-22,24-28,32-38H,8-9H2,1-3H3. The molecule has 17 nitrogen and oxygen atoms in total. The molecule has 4 heterocycles. The number of aromatic hydroxyl groups is 1. The van der Waals surface area contributed by atoms with Crippen molar-refractivity contribution < 1.29 is 83.2 Å². The maximum absolute atomic E-state index is 12.9. The number of esters is 1. The van der Waals surface area contributed by atoms with E-state index in [-0.39, 0.29) is 47.3 Å². The quantitative estimate of drug-likeness (QED) is 0.150. The zero-order chi connectivity index (χ0) is 33.6. The maximum Gasteiger partial charge on any atom is 0.505 e. The molecule has 0 bridgehead atoms. The molecule has 17 heteroatoms. The number of aliphatic hydroxyl groups is 6. The Hall–Kier alpha value is -3.49. The van der Waals surface area contributed by atoms with Gasteiger partial charge in [-0.25, -0.2) is 0 Å². The molecule has 7 N–H and O–H groups in total.